The summed E-state index contributed by atoms with van der Waals surface area (Å²) in [6, 6.07) is 6.13. The molecule has 0 fully saturated rings. The van der Waals surface area contributed by atoms with E-state index < -0.39 is 7.81 Å². The van der Waals surface area contributed by atoms with Gasteiger partial charge in [0, 0.05) is 11.9 Å². The SMILES string of the molecule is CCCCCCc1ccccn1.F[P-](F)(F)(F)(F)F.[H+]. The van der Waals surface area contributed by atoms with Crippen LogP contribution in [0.5, 0.6) is 0 Å². The summed E-state index contributed by atoms with van der Waals surface area (Å²) >= 11 is 0. The van der Waals surface area contributed by atoms with Crippen LogP contribution in [0.1, 0.15) is 39.7 Å². The largest absolute Gasteiger partial charge is 1.00 e. The predicted molar refractivity (Wildman–Crippen MR) is 66.8 cm³/mol. The van der Waals surface area contributed by atoms with Gasteiger partial charge in [-0.2, -0.15) is 0 Å². The first-order valence-electron chi connectivity index (χ1n) is 5.85. The molecule has 1 aromatic heterocycles. The molecule has 0 aliphatic carbocycles. The van der Waals surface area contributed by atoms with Crippen molar-refractivity contribution in [3.8, 4) is 0 Å². The molecule has 0 radical (unpaired) electrons. The summed E-state index contributed by atoms with van der Waals surface area (Å²) in [5.41, 5.74) is 1.23. The Balaban J connectivity index is 0. The fraction of sp³-hybridized carbons (Fsp3) is 0.545. The van der Waals surface area contributed by atoms with Crippen LogP contribution < -0.4 is 0 Å². The molecule has 0 amide bonds. The molecule has 0 aliphatic heterocycles. The van der Waals surface area contributed by atoms with Crippen LogP contribution in [0.25, 0.3) is 0 Å². The van der Waals surface area contributed by atoms with Crippen LogP contribution in [0.4, 0.5) is 25.2 Å². The van der Waals surface area contributed by atoms with Crippen molar-refractivity contribution >= 4 is 7.81 Å². The maximum atomic E-state index is 9.87. The Labute approximate surface area is 109 Å². The van der Waals surface area contributed by atoms with Gasteiger partial charge in [-0.15, -0.1) is 0 Å². The van der Waals surface area contributed by atoms with Gasteiger partial charge in [0.05, 0.1) is 0 Å². The summed E-state index contributed by atoms with van der Waals surface area (Å²) in [5.74, 6) is 0. The number of hydrogen-bond donors (Lipinski definition) is 0. The van der Waals surface area contributed by atoms with Gasteiger partial charge in [0.1, 0.15) is 0 Å². The molecular formula is C11H18F6NP. The molecule has 0 saturated carbocycles. The summed E-state index contributed by atoms with van der Waals surface area (Å²) in [6.07, 6.45) is 8.29. The standard InChI is InChI=1S/C11H17N.F6P/c1-2-3-4-5-8-11-9-6-7-10-12-11;1-7(2,3,4,5)6/h6-7,9-10H,2-5,8H2,1H3;/q;-1/p+1. The number of aryl methyl sites for hydroxylation is 1. The third-order valence-electron chi connectivity index (χ3n) is 2.01. The van der Waals surface area contributed by atoms with Gasteiger partial charge in [-0.05, 0) is 25.0 Å². The number of nitrogens with zero attached hydrogens (tertiary/aromatic N) is 1. The third-order valence-corrected chi connectivity index (χ3v) is 2.01. The average molecular weight is 309 g/mol. The Morgan fingerprint density at radius 1 is 1.00 bits per heavy atom. The second kappa shape index (κ2) is 6.07. The minimum atomic E-state index is -10.7. The van der Waals surface area contributed by atoms with Crippen molar-refractivity contribution in [1.29, 1.82) is 0 Å². The van der Waals surface area contributed by atoms with Gasteiger partial charge in [-0.25, -0.2) is 0 Å². The van der Waals surface area contributed by atoms with Crippen molar-refractivity contribution in [3.63, 3.8) is 0 Å². The smallest absolute Gasteiger partial charge is 1.00 e. The topological polar surface area (TPSA) is 12.9 Å². The van der Waals surface area contributed by atoms with E-state index >= 15 is 0 Å². The summed E-state index contributed by atoms with van der Waals surface area (Å²) in [6.45, 7) is 2.24. The predicted octanol–water partition coefficient (Wildman–Crippen LogP) is 6.70. The van der Waals surface area contributed by atoms with Gasteiger partial charge < -0.3 is 0 Å². The Hall–Kier alpha value is -0.840. The molecule has 19 heavy (non-hydrogen) atoms. The number of rotatable bonds is 5. The van der Waals surface area contributed by atoms with E-state index in [0.29, 0.717) is 0 Å². The Bertz CT molecular complexity index is 355. The summed E-state index contributed by atoms with van der Waals surface area (Å²) in [4.78, 5) is 4.28. The second-order valence-electron chi connectivity index (χ2n) is 4.09. The quantitative estimate of drug-likeness (QED) is 0.335. The minimum absolute atomic E-state index is 0. The van der Waals surface area contributed by atoms with Crippen molar-refractivity contribution in [1.82, 2.24) is 4.98 Å². The normalized spacial score (nSPS) is 14.9. The van der Waals surface area contributed by atoms with E-state index in [4.69, 9.17) is 0 Å². The van der Waals surface area contributed by atoms with Gasteiger partial charge in [0.25, 0.3) is 0 Å². The Morgan fingerprint density at radius 3 is 2.00 bits per heavy atom. The Morgan fingerprint density at radius 2 is 1.58 bits per heavy atom. The second-order valence-corrected chi connectivity index (χ2v) is 6.01. The number of hydrogen-bond acceptors (Lipinski definition) is 1. The summed E-state index contributed by atoms with van der Waals surface area (Å²) in [5, 5.41) is 0. The molecule has 0 bridgehead atoms. The first-order chi connectivity index (χ1) is 8.38. The molecular weight excluding hydrogens is 291 g/mol. The van der Waals surface area contributed by atoms with E-state index in [9.17, 15) is 25.2 Å². The van der Waals surface area contributed by atoms with Gasteiger partial charge >= 0.3 is 34.4 Å². The van der Waals surface area contributed by atoms with E-state index in [2.05, 4.69) is 24.0 Å². The molecule has 1 heterocycles. The van der Waals surface area contributed by atoms with Crippen molar-refractivity contribution in [3.05, 3.63) is 30.1 Å². The van der Waals surface area contributed by atoms with Crippen molar-refractivity contribution in [2.75, 3.05) is 0 Å². The molecule has 0 aliphatic rings. The molecule has 0 unspecified atom stereocenters. The monoisotopic (exact) mass is 309 g/mol. The number of pyridine rings is 1. The van der Waals surface area contributed by atoms with Crippen LogP contribution in [0.15, 0.2) is 24.4 Å². The molecule has 0 saturated heterocycles. The van der Waals surface area contributed by atoms with Crippen LogP contribution in [0, 0.1) is 0 Å². The fourth-order valence-corrected chi connectivity index (χ4v) is 1.28. The average Bonchev–Trinajstić information content (AvgIpc) is 2.22. The van der Waals surface area contributed by atoms with Crippen molar-refractivity contribution in [2.24, 2.45) is 0 Å². The first-order valence-corrected chi connectivity index (χ1v) is 7.87. The summed E-state index contributed by atoms with van der Waals surface area (Å²) < 4.78 is 59.2. The van der Waals surface area contributed by atoms with Crippen molar-refractivity contribution < 1.29 is 26.6 Å². The number of aromatic nitrogens is 1. The zero-order valence-electron chi connectivity index (χ0n) is 11.5. The molecule has 0 atom stereocenters. The van der Waals surface area contributed by atoms with E-state index in [1.807, 2.05) is 12.3 Å². The van der Waals surface area contributed by atoms with Crippen LogP contribution in [-0.2, 0) is 6.42 Å². The van der Waals surface area contributed by atoms with E-state index in [1.165, 1.54) is 31.4 Å². The number of halogens is 6. The number of unbranched alkanes of at least 4 members (excludes halogenated alkanes) is 3. The minimum Gasteiger partial charge on any atom is 1.00 e. The van der Waals surface area contributed by atoms with Gasteiger partial charge in [-0.3, -0.25) is 4.98 Å². The molecule has 1 aromatic rings. The maximum Gasteiger partial charge on any atom is 1.00 e. The van der Waals surface area contributed by atoms with Gasteiger partial charge in [0.15, 0.2) is 0 Å². The van der Waals surface area contributed by atoms with Crippen molar-refractivity contribution in [2.45, 2.75) is 39.0 Å². The molecule has 1 nitrogen and oxygen atoms in total. The van der Waals surface area contributed by atoms with Crippen LogP contribution in [0.3, 0.4) is 0 Å². The molecule has 114 valence electrons. The molecule has 1 rings (SSSR count). The maximum absolute atomic E-state index is 10.7. The molecule has 0 spiro atoms. The first kappa shape index (κ1) is 18.2. The van der Waals surface area contributed by atoms with E-state index in [1.54, 1.807) is 0 Å². The van der Waals surface area contributed by atoms with E-state index in [-0.39, 0.29) is 1.43 Å². The van der Waals surface area contributed by atoms with Gasteiger partial charge in [0.2, 0.25) is 0 Å². The zero-order chi connectivity index (χ0) is 15.1. The molecule has 8 heteroatoms. The Kier molecular flexibility index (Phi) is 5.81. The zero-order valence-corrected chi connectivity index (χ0v) is 11.4. The van der Waals surface area contributed by atoms with Crippen LogP contribution >= 0.6 is 7.81 Å². The van der Waals surface area contributed by atoms with Crippen LogP contribution in [-0.4, -0.2) is 4.98 Å². The molecule has 0 N–H and O–H groups in total. The van der Waals surface area contributed by atoms with Gasteiger partial charge in [-0.1, -0.05) is 32.3 Å². The third kappa shape index (κ3) is 22.8. The van der Waals surface area contributed by atoms with E-state index in [0.717, 1.165) is 6.42 Å². The summed E-state index contributed by atoms with van der Waals surface area (Å²) in [7, 11) is -10.7. The molecule has 0 aromatic carbocycles. The van der Waals surface area contributed by atoms with Crippen LogP contribution in [0.2, 0.25) is 0 Å². The fourth-order valence-electron chi connectivity index (χ4n) is 1.28.